The Morgan fingerprint density at radius 1 is 1.24 bits per heavy atom. The number of nitrogens with one attached hydrogen (secondary N) is 1. The molecule has 0 spiro atoms. The van der Waals surface area contributed by atoms with Crippen LogP contribution in [-0.2, 0) is 0 Å². The molecule has 1 aliphatic heterocycles. The first kappa shape index (κ1) is 12.2. The largest absolute Gasteiger partial charge is 0.367 e. The lowest BCUT2D eigenvalue weighted by atomic mass is 10.1. The molecule has 5 heteroatoms. The summed E-state index contributed by atoms with van der Waals surface area (Å²) < 4.78 is 39.6. The standard InChI is InChI=1S/C12H15F3N2/c1-8-6-16-4-5-17(7-8)10-3-2-9(13)11(14)12(10)15/h2-3,8,16H,4-7H2,1H3. The smallest absolute Gasteiger partial charge is 0.196 e. The van der Waals surface area contributed by atoms with Gasteiger partial charge in [-0.1, -0.05) is 6.92 Å². The van der Waals surface area contributed by atoms with E-state index in [1.807, 2.05) is 6.92 Å². The minimum absolute atomic E-state index is 0.138. The van der Waals surface area contributed by atoms with Gasteiger partial charge in [-0.25, -0.2) is 13.2 Å². The van der Waals surface area contributed by atoms with E-state index in [0.717, 1.165) is 12.6 Å². The molecule has 1 heterocycles. The minimum atomic E-state index is -1.40. The Hall–Kier alpha value is -1.23. The molecule has 1 aromatic carbocycles. The lowest BCUT2D eigenvalue weighted by Gasteiger charge is -2.25. The molecule has 0 saturated carbocycles. The van der Waals surface area contributed by atoms with Gasteiger partial charge in [0.05, 0.1) is 5.69 Å². The molecule has 1 saturated heterocycles. The molecule has 0 bridgehead atoms. The van der Waals surface area contributed by atoms with Gasteiger partial charge in [-0.05, 0) is 24.6 Å². The van der Waals surface area contributed by atoms with E-state index < -0.39 is 17.5 Å². The van der Waals surface area contributed by atoms with Crippen molar-refractivity contribution in [2.45, 2.75) is 6.92 Å². The van der Waals surface area contributed by atoms with Crippen LogP contribution in [0.25, 0.3) is 0 Å². The van der Waals surface area contributed by atoms with Crippen molar-refractivity contribution in [3.63, 3.8) is 0 Å². The molecule has 1 aromatic rings. The summed E-state index contributed by atoms with van der Waals surface area (Å²) in [7, 11) is 0. The third-order valence-electron chi connectivity index (χ3n) is 2.94. The number of rotatable bonds is 1. The van der Waals surface area contributed by atoms with Gasteiger partial charge < -0.3 is 10.2 Å². The van der Waals surface area contributed by atoms with Gasteiger partial charge in [0.2, 0.25) is 0 Å². The van der Waals surface area contributed by atoms with Crippen molar-refractivity contribution in [3.05, 3.63) is 29.6 Å². The van der Waals surface area contributed by atoms with Crippen LogP contribution in [0.2, 0.25) is 0 Å². The van der Waals surface area contributed by atoms with Gasteiger partial charge >= 0.3 is 0 Å². The van der Waals surface area contributed by atoms with Crippen LogP contribution in [0.5, 0.6) is 0 Å². The Morgan fingerprint density at radius 2 is 2.00 bits per heavy atom. The molecule has 2 nitrogen and oxygen atoms in total. The second kappa shape index (κ2) is 4.96. The first-order valence-electron chi connectivity index (χ1n) is 5.68. The van der Waals surface area contributed by atoms with Crippen LogP contribution in [0.15, 0.2) is 12.1 Å². The van der Waals surface area contributed by atoms with E-state index in [9.17, 15) is 13.2 Å². The molecule has 0 aliphatic carbocycles. The van der Waals surface area contributed by atoms with E-state index in [-0.39, 0.29) is 5.69 Å². The van der Waals surface area contributed by atoms with Crippen molar-refractivity contribution in [2.75, 3.05) is 31.1 Å². The fourth-order valence-electron chi connectivity index (χ4n) is 2.07. The second-order valence-electron chi connectivity index (χ2n) is 4.45. The summed E-state index contributed by atoms with van der Waals surface area (Å²) in [6.45, 7) is 4.81. The summed E-state index contributed by atoms with van der Waals surface area (Å²) in [4.78, 5) is 1.75. The summed E-state index contributed by atoms with van der Waals surface area (Å²) in [5, 5.41) is 3.21. The summed E-state index contributed by atoms with van der Waals surface area (Å²) in [5.74, 6) is -3.30. The van der Waals surface area contributed by atoms with E-state index in [1.165, 1.54) is 6.07 Å². The quantitative estimate of drug-likeness (QED) is 0.761. The van der Waals surface area contributed by atoms with Crippen LogP contribution >= 0.6 is 0 Å². The SMILES string of the molecule is CC1CNCCN(c2ccc(F)c(F)c2F)C1. The maximum Gasteiger partial charge on any atom is 0.196 e. The van der Waals surface area contributed by atoms with E-state index in [1.54, 1.807) is 4.90 Å². The maximum atomic E-state index is 13.6. The molecule has 1 unspecified atom stereocenters. The van der Waals surface area contributed by atoms with Crippen molar-refractivity contribution in [2.24, 2.45) is 5.92 Å². The molecular weight excluding hydrogens is 229 g/mol. The summed E-state index contributed by atoms with van der Waals surface area (Å²) in [6, 6.07) is 2.27. The third-order valence-corrected chi connectivity index (χ3v) is 2.94. The van der Waals surface area contributed by atoms with E-state index in [4.69, 9.17) is 0 Å². The van der Waals surface area contributed by atoms with Crippen LogP contribution in [0.3, 0.4) is 0 Å². The lowest BCUT2D eigenvalue weighted by molar-refractivity contribution is 0.445. The highest BCUT2D eigenvalue weighted by molar-refractivity contribution is 5.48. The molecule has 0 aromatic heterocycles. The number of hydrogen-bond acceptors (Lipinski definition) is 2. The summed E-state index contributed by atoms with van der Waals surface area (Å²) >= 11 is 0. The number of benzene rings is 1. The first-order valence-corrected chi connectivity index (χ1v) is 5.68. The van der Waals surface area contributed by atoms with Crippen LogP contribution in [0.4, 0.5) is 18.9 Å². The molecular formula is C12H15F3N2. The lowest BCUT2D eigenvalue weighted by Crippen LogP contribution is -2.30. The molecule has 0 radical (unpaired) electrons. The fourth-order valence-corrected chi connectivity index (χ4v) is 2.07. The zero-order valence-corrected chi connectivity index (χ0v) is 9.64. The van der Waals surface area contributed by atoms with Crippen molar-refractivity contribution < 1.29 is 13.2 Å². The molecule has 0 amide bonds. The van der Waals surface area contributed by atoms with Crippen molar-refractivity contribution in [1.29, 1.82) is 0 Å². The molecule has 17 heavy (non-hydrogen) atoms. The van der Waals surface area contributed by atoms with Gasteiger partial charge in [0.15, 0.2) is 17.5 Å². The predicted molar refractivity (Wildman–Crippen MR) is 60.6 cm³/mol. The number of anilines is 1. The Kier molecular flexibility index (Phi) is 3.57. The molecule has 1 N–H and O–H groups in total. The van der Waals surface area contributed by atoms with Gasteiger partial charge in [-0.2, -0.15) is 0 Å². The van der Waals surface area contributed by atoms with Gasteiger partial charge in [0.1, 0.15) is 0 Å². The molecule has 2 rings (SSSR count). The highest BCUT2D eigenvalue weighted by atomic mass is 19.2. The maximum absolute atomic E-state index is 13.6. The van der Waals surface area contributed by atoms with Crippen molar-refractivity contribution in [3.8, 4) is 0 Å². The monoisotopic (exact) mass is 244 g/mol. The number of hydrogen-bond donors (Lipinski definition) is 1. The van der Waals surface area contributed by atoms with Crippen LogP contribution in [0, 0.1) is 23.4 Å². The Balaban J connectivity index is 2.29. The average Bonchev–Trinajstić information content (AvgIpc) is 2.51. The van der Waals surface area contributed by atoms with Crippen LogP contribution < -0.4 is 10.2 Å². The number of halogens is 3. The summed E-state index contributed by atoms with van der Waals surface area (Å²) in [5.41, 5.74) is 0.138. The van der Waals surface area contributed by atoms with Gasteiger partial charge in [0, 0.05) is 19.6 Å². The fraction of sp³-hybridized carbons (Fsp3) is 0.500. The van der Waals surface area contributed by atoms with Gasteiger partial charge in [-0.15, -0.1) is 0 Å². The highest BCUT2D eigenvalue weighted by Crippen LogP contribution is 2.24. The molecule has 94 valence electrons. The predicted octanol–water partition coefficient (Wildman–Crippen LogP) is 2.15. The Morgan fingerprint density at radius 3 is 2.76 bits per heavy atom. The highest BCUT2D eigenvalue weighted by Gasteiger charge is 2.21. The van der Waals surface area contributed by atoms with E-state index in [0.29, 0.717) is 25.6 Å². The zero-order chi connectivity index (χ0) is 12.4. The van der Waals surface area contributed by atoms with E-state index >= 15 is 0 Å². The van der Waals surface area contributed by atoms with Gasteiger partial charge in [-0.3, -0.25) is 0 Å². The van der Waals surface area contributed by atoms with Crippen molar-refractivity contribution in [1.82, 2.24) is 5.32 Å². The van der Waals surface area contributed by atoms with Gasteiger partial charge in [0.25, 0.3) is 0 Å². The topological polar surface area (TPSA) is 15.3 Å². The summed E-state index contributed by atoms with van der Waals surface area (Å²) in [6.07, 6.45) is 0. The second-order valence-corrected chi connectivity index (χ2v) is 4.45. The normalized spacial score (nSPS) is 21.4. The first-order chi connectivity index (χ1) is 8.09. The minimum Gasteiger partial charge on any atom is -0.367 e. The number of nitrogens with zero attached hydrogens (tertiary/aromatic N) is 1. The van der Waals surface area contributed by atoms with Crippen molar-refractivity contribution >= 4 is 5.69 Å². The Labute approximate surface area is 98.4 Å². The Bertz CT molecular complexity index is 409. The van der Waals surface area contributed by atoms with Crippen LogP contribution in [-0.4, -0.2) is 26.2 Å². The van der Waals surface area contributed by atoms with E-state index in [2.05, 4.69) is 5.32 Å². The molecule has 1 fully saturated rings. The molecule has 1 aliphatic rings. The molecule has 1 atom stereocenters. The average molecular weight is 244 g/mol. The van der Waals surface area contributed by atoms with Crippen LogP contribution in [0.1, 0.15) is 6.92 Å². The zero-order valence-electron chi connectivity index (χ0n) is 9.64. The third kappa shape index (κ3) is 2.54.